The van der Waals surface area contributed by atoms with Gasteiger partial charge in [-0.25, -0.2) is 9.97 Å². The van der Waals surface area contributed by atoms with E-state index in [4.69, 9.17) is 14.4 Å². The van der Waals surface area contributed by atoms with Gasteiger partial charge in [-0.2, -0.15) is 0 Å². The SMILES string of the molecule is c1ccc2cc(-c3nc(-n4c5ccccc5c5cc6c7ccccc7n7c8ccccc8c(c54)c67)nc4c3oc3ccccc34)ccc2c1. The monoisotopic (exact) mass is 624 g/mol. The maximum atomic E-state index is 6.55. The molecule has 12 aromatic rings. The van der Waals surface area contributed by atoms with Crippen molar-refractivity contribution in [3.8, 4) is 17.2 Å². The Bertz CT molecular complexity index is 3340. The second kappa shape index (κ2) is 9.00. The van der Waals surface area contributed by atoms with Gasteiger partial charge in [-0.05, 0) is 53.2 Å². The largest absolute Gasteiger partial charge is 0.452 e. The number of benzene rings is 7. The second-order valence-electron chi connectivity index (χ2n) is 13.0. The average molecular weight is 625 g/mol. The van der Waals surface area contributed by atoms with E-state index in [1.54, 1.807) is 0 Å². The smallest absolute Gasteiger partial charge is 0.236 e. The molecule has 5 heterocycles. The minimum atomic E-state index is 0.621. The molecule has 0 bridgehead atoms. The minimum Gasteiger partial charge on any atom is -0.452 e. The predicted molar refractivity (Wildman–Crippen MR) is 201 cm³/mol. The molecule has 0 atom stereocenters. The summed E-state index contributed by atoms with van der Waals surface area (Å²) in [5.74, 6) is 0.621. The Hall–Kier alpha value is -6.72. The molecule has 0 amide bonds. The third-order valence-electron chi connectivity index (χ3n) is 10.4. The number of hydrogen-bond donors (Lipinski definition) is 0. The molecule has 0 saturated heterocycles. The quantitative estimate of drug-likeness (QED) is 0.192. The van der Waals surface area contributed by atoms with Crippen LogP contribution in [0, 0.1) is 0 Å². The van der Waals surface area contributed by atoms with Crippen LogP contribution in [-0.2, 0) is 0 Å². The van der Waals surface area contributed by atoms with E-state index in [0.29, 0.717) is 11.5 Å². The van der Waals surface area contributed by atoms with E-state index in [9.17, 15) is 0 Å². The maximum absolute atomic E-state index is 6.55. The van der Waals surface area contributed by atoms with Crippen molar-refractivity contribution in [3.05, 3.63) is 146 Å². The van der Waals surface area contributed by atoms with Gasteiger partial charge in [0.05, 0.1) is 27.6 Å². The van der Waals surface area contributed by atoms with E-state index in [0.717, 1.165) is 44.2 Å². The molecule has 0 aliphatic carbocycles. The molecule has 5 aromatic heterocycles. The zero-order valence-electron chi connectivity index (χ0n) is 26.1. The molecule has 0 radical (unpaired) electrons. The summed E-state index contributed by atoms with van der Waals surface area (Å²) in [6.07, 6.45) is 0. The van der Waals surface area contributed by atoms with E-state index in [1.807, 2.05) is 18.2 Å². The van der Waals surface area contributed by atoms with Gasteiger partial charge in [-0.15, -0.1) is 0 Å². The Labute approximate surface area is 278 Å². The van der Waals surface area contributed by atoms with Crippen molar-refractivity contribution in [3.63, 3.8) is 0 Å². The zero-order valence-corrected chi connectivity index (χ0v) is 26.1. The van der Waals surface area contributed by atoms with Crippen LogP contribution in [0.4, 0.5) is 0 Å². The molecule has 49 heavy (non-hydrogen) atoms. The fourth-order valence-corrected chi connectivity index (χ4v) is 8.38. The fourth-order valence-electron chi connectivity index (χ4n) is 8.38. The van der Waals surface area contributed by atoms with Gasteiger partial charge < -0.3 is 8.82 Å². The summed E-state index contributed by atoms with van der Waals surface area (Å²) in [6.45, 7) is 0. The van der Waals surface area contributed by atoms with Crippen molar-refractivity contribution < 1.29 is 4.42 Å². The highest BCUT2D eigenvalue weighted by molar-refractivity contribution is 6.34. The molecule has 0 aliphatic heterocycles. The van der Waals surface area contributed by atoms with E-state index in [-0.39, 0.29) is 0 Å². The molecule has 0 saturated carbocycles. The van der Waals surface area contributed by atoms with Gasteiger partial charge in [0.1, 0.15) is 16.8 Å². The number of nitrogens with zero attached hydrogens (tertiary/aromatic N) is 4. The summed E-state index contributed by atoms with van der Waals surface area (Å²) in [4.78, 5) is 10.8. The lowest BCUT2D eigenvalue weighted by Gasteiger charge is -2.11. The predicted octanol–water partition coefficient (Wildman–Crippen LogP) is 11.4. The number of rotatable bonds is 2. The van der Waals surface area contributed by atoms with Crippen LogP contribution < -0.4 is 0 Å². The molecule has 5 nitrogen and oxygen atoms in total. The molecule has 226 valence electrons. The first-order valence-corrected chi connectivity index (χ1v) is 16.6. The van der Waals surface area contributed by atoms with Crippen LogP contribution in [0.25, 0.3) is 110 Å². The molecule has 7 aromatic carbocycles. The first kappa shape index (κ1) is 25.4. The standard InChI is InChI=1S/C44H24N4O/c1-2-12-26-23-27(22-21-25(26)11-1)39-43-40(31-16-6-10-20-37(31)49-43)46-44(45-39)48-35-18-8-4-14-29(35)33-24-32-28-13-3-7-17-34(28)47-36-19-9-5-15-30(36)38(41(32)47)42(33)48/h1-24H. The first-order chi connectivity index (χ1) is 24.3. The molecule has 12 rings (SSSR count). The van der Waals surface area contributed by atoms with Crippen molar-refractivity contribution in [1.29, 1.82) is 0 Å². The fraction of sp³-hybridized carbons (Fsp3) is 0. The van der Waals surface area contributed by atoms with E-state index < -0.39 is 0 Å². The van der Waals surface area contributed by atoms with Crippen molar-refractivity contribution >= 4 is 92.7 Å². The summed E-state index contributed by atoms with van der Waals surface area (Å²) in [6, 6.07) is 51.6. The van der Waals surface area contributed by atoms with Gasteiger partial charge in [0.25, 0.3) is 0 Å². The molecule has 5 heteroatoms. The normalized spacial score (nSPS) is 12.5. The summed E-state index contributed by atoms with van der Waals surface area (Å²) >= 11 is 0. The zero-order chi connectivity index (χ0) is 31.8. The van der Waals surface area contributed by atoms with E-state index in [2.05, 4.69) is 136 Å². The summed E-state index contributed by atoms with van der Waals surface area (Å²) in [5.41, 5.74) is 9.88. The Morgan fingerprint density at radius 3 is 1.94 bits per heavy atom. The van der Waals surface area contributed by atoms with Crippen LogP contribution in [0.2, 0.25) is 0 Å². The summed E-state index contributed by atoms with van der Waals surface area (Å²) in [5, 5.41) is 10.6. The van der Waals surface area contributed by atoms with E-state index in [1.165, 1.54) is 54.3 Å². The molecule has 0 unspecified atom stereocenters. The minimum absolute atomic E-state index is 0.621. The van der Waals surface area contributed by atoms with Crippen LogP contribution in [0.1, 0.15) is 0 Å². The lowest BCUT2D eigenvalue weighted by Crippen LogP contribution is -2.03. The number of fused-ring (bicyclic) bond motifs is 14. The van der Waals surface area contributed by atoms with E-state index >= 15 is 0 Å². The highest BCUT2D eigenvalue weighted by Crippen LogP contribution is 2.46. The Morgan fingerprint density at radius 2 is 1.10 bits per heavy atom. The van der Waals surface area contributed by atoms with Crippen molar-refractivity contribution in [1.82, 2.24) is 18.9 Å². The lowest BCUT2D eigenvalue weighted by atomic mass is 10.0. The summed E-state index contributed by atoms with van der Waals surface area (Å²) in [7, 11) is 0. The Balaban J connectivity index is 1.30. The number of para-hydroxylation sites is 4. The maximum Gasteiger partial charge on any atom is 0.236 e. The first-order valence-electron chi connectivity index (χ1n) is 16.6. The van der Waals surface area contributed by atoms with Crippen molar-refractivity contribution in [2.75, 3.05) is 0 Å². The highest BCUT2D eigenvalue weighted by Gasteiger charge is 2.26. The lowest BCUT2D eigenvalue weighted by molar-refractivity contribution is 0.666. The van der Waals surface area contributed by atoms with Crippen LogP contribution in [0.3, 0.4) is 0 Å². The number of furan rings is 1. The second-order valence-corrected chi connectivity index (χ2v) is 13.0. The number of aromatic nitrogens is 4. The van der Waals surface area contributed by atoms with Gasteiger partial charge in [0.2, 0.25) is 5.95 Å². The van der Waals surface area contributed by atoms with Gasteiger partial charge >= 0.3 is 0 Å². The molecule has 0 aliphatic rings. The van der Waals surface area contributed by atoms with Gasteiger partial charge in [0, 0.05) is 43.3 Å². The molecular weight excluding hydrogens is 601 g/mol. The Morgan fingerprint density at radius 1 is 0.469 bits per heavy atom. The third-order valence-corrected chi connectivity index (χ3v) is 10.4. The average Bonchev–Trinajstić information content (AvgIpc) is 3.89. The molecular formula is C44H24N4O. The van der Waals surface area contributed by atoms with Crippen molar-refractivity contribution in [2.45, 2.75) is 0 Å². The number of hydrogen-bond acceptors (Lipinski definition) is 3. The van der Waals surface area contributed by atoms with Gasteiger partial charge in [-0.3, -0.25) is 4.57 Å². The molecule has 0 fully saturated rings. The third kappa shape index (κ3) is 3.19. The van der Waals surface area contributed by atoms with Gasteiger partial charge in [-0.1, -0.05) is 103 Å². The highest BCUT2D eigenvalue weighted by atomic mass is 16.3. The topological polar surface area (TPSA) is 48.3 Å². The van der Waals surface area contributed by atoms with Gasteiger partial charge in [0.15, 0.2) is 5.58 Å². The van der Waals surface area contributed by atoms with Crippen LogP contribution in [-0.4, -0.2) is 18.9 Å². The van der Waals surface area contributed by atoms with Crippen LogP contribution in [0.5, 0.6) is 0 Å². The molecule has 0 spiro atoms. The van der Waals surface area contributed by atoms with Crippen LogP contribution >= 0.6 is 0 Å². The van der Waals surface area contributed by atoms with Crippen molar-refractivity contribution in [2.24, 2.45) is 0 Å². The summed E-state index contributed by atoms with van der Waals surface area (Å²) < 4.78 is 11.3. The van der Waals surface area contributed by atoms with Crippen LogP contribution in [0.15, 0.2) is 150 Å². The molecule has 0 N–H and O–H groups in total. The Kier molecular flexibility index (Phi) is 4.66.